The molecule has 1 aliphatic carbocycles. The molecule has 0 saturated heterocycles. The number of halogens is 1. The van der Waals surface area contributed by atoms with Crippen LogP contribution in [-0.2, 0) is 0 Å². The fraction of sp³-hybridized carbons (Fsp3) is 0.500. The average Bonchev–Trinajstić information content (AvgIpc) is 2.99. The summed E-state index contributed by atoms with van der Waals surface area (Å²) in [4.78, 5) is 15.1. The normalized spacial score (nSPS) is 15.7. The third kappa shape index (κ3) is 2.69. The SMILES string of the molecule is CC(C)(Nc1nc(Cl)ccc1C(=O)O)C1CC1. The number of carboxylic acids is 1. The van der Waals surface area contributed by atoms with Crippen molar-refractivity contribution in [2.75, 3.05) is 5.32 Å². The van der Waals surface area contributed by atoms with E-state index in [9.17, 15) is 4.79 Å². The molecule has 0 aliphatic heterocycles. The summed E-state index contributed by atoms with van der Waals surface area (Å²) in [6, 6.07) is 2.96. The number of nitrogens with zero attached hydrogens (tertiary/aromatic N) is 1. The van der Waals surface area contributed by atoms with Crippen LogP contribution in [0, 0.1) is 5.92 Å². The number of nitrogens with one attached hydrogen (secondary N) is 1. The molecule has 0 amide bonds. The van der Waals surface area contributed by atoms with Crippen LogP contribution in [0.5, 0.6) is 0 Å². The van der Waals surface area contributed by atoms with Crippen molar-refractivity contribution in [3.8, 4) is 0 Å². The molecule has 2 N–H and O–H groups in total. The number of carboxylic acid groups (broad SMARTS) is 1. The Morgan fingerprint density at radius 2 is 2.18 bits per heavy atom. The first-order chi connectivity index (χ1) is 7.90. The first-order valence-corrected chi connectivity index (χ1v) is 5.96. The van der Waals surface area contributed by atoms with Crippen molar-refractivity contribution >= 4 is 23.4 Å². The van der Waals surface area contributed by atoms with Gasteiger partial charge in [0.15, 0.2) is 0 Å². The summed E-state index contributed by atoms with van der Waals surface area (Å²) in [5, 5.41) is 12.6. The highest BCUT2D eigenvalue weighted by atomic mass is 35.5. The predicted octanol–water partition coefficient (Wildman–Crippen LogP) is 3.03. The van der Waals surface area contributed by atoms with E-state index in [0.717, 1.165) is 0 Å². The Labute approximate surface area is 105 Å². The van der Waals surface area contributed by atoms with Gasteiger partial charge in [-0.3, -0.25) is 0 Å². The highest BCUT2D eigenvalue weighted by Crippen LogP contribution is 2.41. The minimum Gasteiger partial charge on any atom is -0.478 e. The van der Waals surface area contributed by atoms with E-state index in [4.69, 9.17) is 16.7 Å². The maximum Gasteiger partial charge on any atom is 0.339 e. The summed E-state index contributed by atoms with van der Waals surface area (Å²) >= 11 is 5.80. The summed E-state index contributed by atoms with van der Waals surface area (Å²) < 4.78 is 0. The number of hydrogen-bond acceptors (Lipinski definition) is 3. The van der Waals surface area contributed by atoms with Crippen molar-refractivity contribution < 1.29 is 9.90 Å². The molecule has 0 spiro atoms. The highest BCUT2D eigenvalue weighted by Gasteiger charge is 2.38. The van der Waals surface area contributed by atoms with Gasteiger partial charge < -0.3 is 10.4 Å². The van der Waals surface area contributed by atoms with Gasteiger partial charge in [0, 0.05) is 5.54 Å². The van der Waals surface area contributed by atoms with Crippen molar-refractivity contribution in [3.63, 3.8) is 0 Å². The van der Waals surface area contributed by atoms with Crippen LogP contribution in [0.4, 0.5) is 5.82 Å². The second-order valence-electron chi connectivity index (χ2n) is 4.96. The molecule has 1 fully saturated rings. The molecule has 0 atom stereocenters. The fourth-order valence-electron chi connectivity index (χ4n) is 1.92. The van der Waals surface area contributed by atoms with Gasteiger partial charge in [0.1, 0.15) is 16.5 Å². The maximum atomic E-state index is 11.1. The minimum absolute atomic E-state index is 0.151. The van der Waals surface area contributed by atoms with Crippen LogP contribution in [-0.4, -0.2) is 21.6 Å². The van der Waals surface area contributed by atoms with E-state index in [1.54, 1.807) is 0 Å². The Kier molecular flexibility index (Phi) is 3.00. The van der Waals surface area contributed by atoms with Crippen LogP contribution < -0.4 is 5.32 Å². The van der Waals surface area contributed by atoms with Crippen LogP contribution in [0.15, 0.2) is 12.1 Å². The molecular weight excluding hydrogens is 240 g/mol. The first kappa shape index (κ1) is 12.2. The third-order valence-corrected chi connectivity index (χ3v) is 3.34. The van der Waals surface area contributed by atoms with Crippen molar-refractivity contribution in [2.24, 2.45) is 5.92 Å². The second kappa shape index (κ2) is 4.18. The summed E-state index contributed by atoms with van der Waals surface area (Å²) in [5.41, 5.74) is 0.00476. The number of pyridine rings is 1. The largest absolute Gasteiger partial charge is 0.478 e. The average molecular weight is 255 g/mol. The van der Waals surface area contributed by atoms with Crippen LogP contribution in [0.1, 0.15) is 37.0 Å². The zero-order valence-electron chi connectivity index (χ0n) is 9.83. The van der Waals surface area contributed by atoms with E-state index in [0.29, 0.717) is 16.9 Å². The molecule has 1 aromatic rings. The molecule has 0 unspecified atom stereocenters. The lowest BCUT2D eigenvalue weighted by Crippen LogP contribution is -2.34. The van der Waals surface area contributed by atoms with Crippen molar-refractivity contribution in [1.82, 2.24) is 4.98 Å². The smallest absolute Gasteiger partial charge is 0.339 e. The lowest BCUT2D eigenvalue weighted by molar-refractivity contribution is 0.0697. The molecule has 0 aromatic carbocycles. The van der Waals surface area contributed by atoms with Gasteiger partial charge in [-0.05, 0) is 44.7 Å². The Morgan fingerprint density at radius 1 is 1.53 bits per heavy atom. The summed E-state index contributed by atoms with van der Waals surface area (Å²) in [5.74, 6) is -0.0740. The predicted molar refractivity (Wildman–Crippen MR) is 66.6 cm³/mol. The molecule has 1 aliphatic rings. The number of aromatic carboxylic acids is 1. The van der Waals surface area contributed by atoms with Gasteiger partial charge in [-0.2, -0.15) is 0 Å². The topological polar surface area (TPSA) is 62.2 Å². The van der Waals surface area contributed by atoms with Gasteiger partial charge in [-0.15, -0.1) is 0 Å². The minimum atomic E-state index is -0.997. The fourth-order valence-corrected chi connectivity index (χ4v) is 2.06. The van der Waals surface area contributed by atoms with E-state index in [-0.39, 0.29) is 11.1 Å². The van der Waals surface area contributed by atoms with Gasteiger partial charge in [0.05, 0.1) is 0 Å². The Hall–Kier alpha value is -1.29. The first-order valence-electron chi connectivity index (χ1n) is 5.58. The number of rotatable bonds is 4. The number of hydrogen-bond donors (Lipinski definition) is 2. The monoisotopic (exact) mass is 254 g/mol. The van der Waals surface area contributed by atoms with Crippen molar-refractivity contribution in [3.05, 3.63) is 22.8 Å². The Morgan fingerprint density at radius 3 is 2.71 bits per heavy atom. The summed E-state index contributed by atoms with van der Waals surface area (Å²) in [6.07, 6.45) is 2.34. The molecule has 92 valence electrons. The lowest BCUT2D eigenvalue weighted by atomic mass is 9.98. The number of aromatic nitrogens is 1. The molecule has 4 nitrogen and oxygen atoms in total. The zero-order chi connectivity index (χ0) is 12.6. The van der Waals surface area contributed by atoms with Gasteiger partial charge >= 0.3 is 5.97 Å². The molecule has 1 heterocycles. The van der Waals surface area contributed by atoms with E-state index in [2.05, 4.69) is 24.1 Å². The Bertz CT molecular complexity index is 456. The standard InChI is InChI=1S/C12H15ClN2O2/c1-12(2,7-3-4-7)15-10-8(11(16)17)5-6-9(13)14-10/h5-7H,3-4H2,1-2H3,(H,14,15)(H,16,17). The van der Waals surface area contributed by atoms with Crippen LogP contribution in [0.3, 0.4) is 0 Å². The quantitative estimate of drug-likeness (QED) is 0.811. The second-order valence-corrected chi connectivity index (χ2v) is 5.34. The molecule has 1 aromatic heterocycles. The van der Waals surface area contributed by atoms with Gasteiger partial charge in [0.25, 0.3) is 0 Å². The molecular formula is C12H15ClN2O2. The Balaban J connectivity index is 2.30. The van der Waals surface area contributed by atoms with Crippen LogP contribution >= 0.6 is 11.6 Å². The summed E-state index contributed by atoms with van der Waals surface area (Å²) in [7, 11) is 0. The van der Waals surface area contributed by atoms with Crippen molar-refractivity contribution in [1.29, 1.82) is 0 Å². The third-order valence-electron chi connectivity index (χ3n) is 3.13. The van der Waals surface area contributed by atoms with Crippen molar-refractivity contribution in [2.45, 2.75) is 32.2 Å². The maximum absolute atomic E-state index is 11.1. The van der Waals surface area contributed by atoms with Gasteiger partial charge in [-0.25, -0.2) is 9.78 Å². The van der Waals surface area contributed by atoms with Gasteiger partial charge in [-0.1, -0.05) is 11.6 Å². The van der Waals surface area contributed by atoms with Crippen LogP contribution in [0.2, 0.25) is 5.15 Å². The molecule has 0 radical (unpaired) electrons. The lowest BCUT2D eigenvalue weighted by Gasteiger charge is -2.27. The molecule has 2 rings (SSSR count). The number of anilines is 1. The zero-order valence-corrected chi connectivity index (χ0v) is 10.6. The summed E-state index contributed by atoms with van der Waals surface area (Å²) in [6.45, 7) is 4.11. The van der Waals surface area contributed by atoms with Gasteiger partial charge in [0.2, 0.25) is 0 Å². The van der Waals surface area contributed by atoms with E-state index >= 15 is 0 Å². The molecule has 5 heteroatoms. The molecule has 0 bridgehead atoms. The van der Waals surface area contributed by atoms with E-state index in [1.165, 1.54) is 25.0 Å². The highest BCUT2D eigenvalue weighted by molar-refractivity contribution is 6.29. The van der Waals surface area contributed by atoms with E-state index < -0.39 is 5.97 Å². The number of carbonyl (C=O) groups is 1. The molecule has 1 saturated carbocycles. The van der Waals surface area contributed by atoms with Crippen LogP contribution in [0.25, 0.3) is 0 Å². The van der Waals surface area contributed by atoms with E-state index in [1.807, 2.05) is 0 Å². The molecule has 17 heavy (non-hydrogen) atoms.